The zero-order chi connectivity index (χ0) is 25.2. The fourth-order valence-electron chi connectivity index (χ4n) is 5.64. The number of anilines is 2. The van der Waals surface area contributed by atoms with Crippen LogP contribution < -0.4 is 21.3 Å². The van der Waals surface area contributed by atoms with Gasteiger partial charge in [-0.1, -0.05) is 6.92 Å². The Morgan fingerprint density at radius 1 is 1.03 bits per heavy atom. The summed E-state index contributed by atoms with van der Waals surface area (Å²) in [7, 11) is 0. The highest BCUT2D eigenvalue weighted by Crippen LogP contribution is 2.38. The van der Waals surface area contributed by atoms with Crippen LogP contribution in [0.15, 0.2) is 36.5 Å². The molecule has 3 aliphatic rings. The number of benzene rings is 1. The van der Waals surface area contributed by atoms with Crippen molar-refractivity contribution in [2.45, 2.75) is 76.4 Å². The molecule has 1 aromatic heterocycles. The van der Waals surface area contributed by atoms with Crippen LogP contribution >= 0.6 is 0 Å². The smallest absolute Gasteiger partial charge is 0.251 e. The third kappa shape index (κ3) is 5.22. The average molecular weight is 490 g/mol. The maximum atomic E-state index is 13.1. The number of carbonyl (C=O) groups is 3. The summed E-state index contributed by atoms with van der Waals surface area (Å²) in [6.07, 6.45) is 9.30. The minimum Gasteiger partial charge on any atom is -0.384 e. The van der Waals surface area contributed by atoms with Gasteiger partial charge in [0.25, 0.3) is 11.8 Å². The number of piperidine rings is 1. The summed E-state index contributed by atoms with van der Waals surface area (Å²) in [4.78, 5) is 44.1. The van der Waals surface area contributed by atoms with E-state index in [-0.39, 0.29) is 17.7 Å². The van der Waals surface area contributed by atoms with Crippen molar-refractivity contribution in [3.63, 3.8) is 0 Å². The quantitative estimate of drug-likeness (QED) is 0.436. The Morgan fingerprint density at radius 2 is 1.75 bits per heavy atom. The summed E-state index contributed by atoms with van der Waals surface area (Å²) >= 11 is 0. The second-order valence-electron chi connectivity index (χ2n) is 10.5. The normalized spacial score (nSPS) is 22.8. The van der Waals surface area contributed by atoms with Gasteiger partial charge in [0.2, 0.25) is 0 Å². The third-order valence-electron chi connectivity index (χ3n) is 7.71. The van der Waals surface area contributed by atoms with Crippen LogP contribution in [-0.4, -0.2) is 47.3 Å². The molecule has 190 valence electrons. The molecule has 4 N–H and O–H groups in total. The van der Waals surface area contributed by atoms with Crippen LogP contribution in [0, 0.1) is 5.92 Å². The summed E-state index contributed by atoms with van der Waals surface area (Å²) in [5.41, 5.74) is 7.78. The van der Waals surface area contributed by atoms with Gasteiger partial charge in [0.15, 0.2) is 5.78 Å². The molecule has 2 atom stereocenters. The van der Waals surface area contributed by atoms with Crippen LogP contribution in [0.3, 0.4) is 0 Å². The van der Waals surface area contributed by atoms with E-state index in [9.17, 15) is 14.4 Å². The van der Waals surface area contributed by atoms with Crippen molar-refractivity contribution in [1.29, 1.82) is 0 Å². The molecule has 0 spiro atoms. The van der Waals surface area contributed by atoms with E-state index in [0.29, 0.717) is 46.8 Å². The van der Waals surface area contributed by atoms with Gasteiger partial charge < -0.3 is 21.3 Å². The highest BCUT2D eigenvalue weighted by molar-refractivity contribution is 6.02. The SMILES string of the molecule is CCCC(=O)c1ccc(N2C3CCC2CC(NC(=O)c2ccc(C(N)=O)c(NCC4CC4)c2)C3)nc1. The first-order valence-electron chi connectivity index (χ1n) is 13.2. The van der Waals surface area contributed by atoms with Crippen LogP contribution in [0.5, 0.6) is 0 Å². The molecule has 3 heterocycles. The number of pyridine rings is 1. The lowest BCUT2D eigenvalue weighted by molar-refractivity contribution is 0.0924. The fourth-order valence-corrected chi connectivity index (χ4v) is 5.64. The minimum atomic E-state index is -0.499. The first kappa shape index (κ1) is 24.3. The molecule has 2 bridgehead atoms. The van der Waals surface area contributed by atoms with Gasteiger partial charge >= 0.3 is 0 Å². The molecule has 2 saturated heterocycles. The van der Waals surface area contributed by atoms with Crippen LogP contribution in [0.1, 0.15) is 89.4 Å². The zero-order valence-corrected chi connectivity index (χ0v) is 20.8. The summed E-state index contributed by atoms with van der Waals surface area (Å²) in [5.74, 6) is 1.05. The standard InChI is InChI=1S/C28H35N5O3/c1-2-3-25(34)19-7-11-26(31-16-19)33-21-8-9-22(33)14-20(13-21)32-28(36)18-6-10-23(27(29)35)24(12-18)30-15-17-4-5-17/h6-7,10-12,16-17,20-22,30H,2-5,8-9,13-15H2,1H3,(H2,29,35)(H,32,36). The van der Waals surface area contributed by atoms with Crippen molar-refractivity contribution in [2.24, 2.45) is 11.7 Å². The number of hydrogen-bond donors (Lipinski definition) is 3. The molecule has 8 nitrogen and oxygen atoms in total. The second-order valence-corrected chi connectivity index (χ2v) is 10.5. The number of nitrogens with two attached hydrogens (primary N) is 1. The lowest BCUT2D eigenvalue weighted by atomic mass is 9.96. The Morgan fingerprint density at radius 3 is 2.36 bits per heavy atom. The van der Waals surface area contributed by atoms with Crippen molar-refractivity contribution < 1.29 is 14.4 Å². The molecule has 5 rings (SSSR count). The van der Waals surface area contributed by atoms with E-state index < -0.39 is 5.91 Å². The van der Waals surface area contributed by atoms with Gasteiger partial charge in [-0.05, 0) is 81.2 Å². The van der Waals surface area contributed by atoms with Crippen LogP contribution in [-0.2, 0) is 0 Å². The number of carbonyl (C=O) groups excluding carboxylic acids is 3. The lowest BCUT2D eigenvalue weighted by Crippen LogP contribution is -2.50. The van der Waals surface area contributed by atoms with E-state index >= 15 is 0 Å². The maximum absolute atomic E-state index is 13.1. The molecule has 2 aromatic rings. The Labute approximate surface area is 212 Å². The van der Waals surface area contributed by atoms with E-state index in [0.717, 1.165) is 44.5 Å². The van der Waals surface area contributed by atoms with Crippen molar-refractivity contribution in [2.75, 3.05) is 16.8 Å². The van der Waals surface area contributed by atoms with Crippen LogP contribution in [0.2, 0.25) is 0 Å². The highest BCUT2D eigenvalue weighted by Gasteiger charge is 2.41. The molecule has 2 amide bonds. The second kappa shape index (κ2) is 10.3. The van der Waals surface area contributed by atoms with E-state index in [4.69, 9.17) is 5.73 Å². The molecule has 1 saturated carbocycles. The summed E-state index contributed by atoms with van der Waals surface area (Å²) < 4.78 is 0. The molecular formula is C28H35N5O3. The van der Waals surface area contributed by atoms with E-state index in [1.165, 1.54) is 12.8 Å². The minimum absolute atomic E-state index is 0.0790. The van der Waals surface area contributed by atoms with E-state index in [2.05, 4.69) is 20.5 Å². The van der Waals surface area contributed by atoms with Gasteiger partial charge in [-0.2, -0.15) is 0 Å². The number of amides is 2. The van der Waals surface area contributed by atoms with Gasteiger partial charge in [-0.15, -0.1) is 0 Å². The number of Topliss-reactive ketones (excluding diaryl/α,β-unsaturated/α-hetero) is 1. The summed E-state index contributed by atoms with van der Waals surface area (Å²) in [5, 5.41) is 6.53. The summed E-state index contributed by atoms with van der Waals surface area (Å²) in [6.45, 7) is 2.79. The van der Waals surface area contributed by atoms with E-state index in [1.54, 1.807) is 24.4 Å². The molecule has 1 aromatic carbocycles. The number of fused-ring (bicyclic) bond motifs is 2. The zero-order valence-electron chi connectivity index (χ0n) is 20.8. The lowest BCUT2D eigenvalue weighted by Gasteiger charge is -2.40. The molecule has 2 unspecified atom stereocenters. The first-order valence-corrected chi connectivity index (χ1v) is 13.2. The van der Waals surface area contributed by atoms with Gasteiger partial charge in [0.1, 0.15) is 5.82 Å². The largest absolute Gasteiger partial charge is 0.384 e. The predicted molar refractivity (Wildman–Crippen MR) is 139 cm³/mol. The molecule has 8 heteroatoms. The topological polar surface area (TPSA) is 117 Å². The fraction of sp³-hybridized carbons (Fsp3) is 0.500. The first-order chi connectivity index (χ1) is 17.4. The van der Waals surface area contributed by atoms with Crippen molar-refractivity contribution in [3.05, 3.63) is 53.2 Å². The molecule has 2 aliphatic heterocycles. The Bertz CT molecular complexity index is 1130. The monoisotopic (exact) mass is 489 g/mol. The number of hydrogen-bond acceptors (Lipinski definition) is 6. The number of primary amides is 1. The molecule has 1 aliphatic carbocycles. The number of aromatic nitrogens is 1. The number of rotatable bonds is 10. The maximum Gasteiger partial charge on any atom is 0.251 e. The van der Waals surface area contributed by atoms with Gasteiger partial charge in [-0.25, -0.2) is 4.98 Å². The van der Waals surface area contributed by atoms with Crippen molar-refractivity contribution in [3.8, 4) is 0 Å². The van der Waals surface area contributed by atoms with Gasteiger partial charge in [-0.3, -0.25) is 14.4 Å². The Kier molecular flexibility index (Phi) is 6.94. The van der Waals surface area contributed by atoms with Gasteiger partial charge in [0, 0.05) is 54.1 Å². The molecular weight excluding hydrogens is 454 g/mol. The molecule has 3 fully saturated rings. The Hall–Kier alpha value is -3.42. The Balaban J connectivity index is 1.23. The number of ketones is 1. The van der Waals surface area contributed by atoms with Crippen LogP contribution in [0.25, 0.3) is 0 Å². The van der Waals surface area contributed by atoms with Gasteiger partial charge in [0.05, 0.1) is 5.56 Å². The van der Waals surface area contributed by atoms with Crippen molar-refractivity contribution >= 4 is 29.1 Å². The predicted octanol–water partition coefficient (Wildman–Crippen LogP) is 3.92. The third-order valence-corrected chi connectivity index (χ3v) is 7.71. The van der Waals surface area contributed by atoms with Crippen molar-refractivity contribution in [1.82, 2.24) is 10.3 Å². The van der Waals surface area contributed by atoms with E-state index in [1.807, 2.05) is 19.1 Å². The number of nitrogens with zero attached hydrogens (tertiary/aromatic N) is 2. The average Bonchev–Trinajstić information content (AvgIpc) is 3.66. The molecule has 36 heavy (non-hydrogen) atoms. The summed E-state index contributed by atoms with van der Waals surface area (Å²) in [6, 6.07) is 9.61. The van der Waals surface area contributed by atoms with Crippen LogP contribution in [0.4, 0.5) is 11.5 Å². The highest BCUT2D eigenvalue weighted by atomic mass is 16.2. The molecule has 0 radical (unpaired) electrons. The number of nitrogens with one attached hydrogen (secondary N) is 2.